The number of hydrogen-bond acceptors (Lipinski definition) is 5. The number of nitrogens with zero attached hydrogens (tertiary/aromatic N) is 3. The lowest BCUT2D eigenvalue weighted by atomic mass is 9.97. The monoisotopic (exact) mass is 461 g/mol. The summed E-state index contributed by atoms with van der Waals surface area (Å²) in [6.45, 7) is 5.41. The zero-order chi connectivity index (χ0) is 22.9. The smallest absolute Gasteiger partial charge is 0.310 e. The molecule has 2 aromatic carbocycles. The van der Waals surface area contributed by atoms with Crippen LogP contribution in [-0.4, -0.2) is 45.9 Å². The maximum Gasteiger partial charge on any atom is 0.310 e. The van der Waals surface area contributed by atoms with Gasteiger partial charge in [0.1, 0.15) is 0 Å². The summed E-state index contributed by atoms with van der Waals surface area (Å²) >= 11 is 1.58. The number of likely N-dealkylation sites (tertiary alicyclic amines) is 1. The first kappa shape index (κ1) is 21.6. The lowest BCUT2D eigenvalue weighted by Crippen LogP contribution is -2.42. The standard InChI is InChI=1S/C26H27N3O3S/c1-3-17-7-9-18(10-8-17)21-16-29-22-12-11-19(14-23(22)33-26(29)27-21)24(30)28-13-5-6-20(15-28)25(31)32-4-2/h7-12,14,16,20H,3-6,13,15H2,1-2H3. The first-order valence-electron chi connectivity index (χ1n) is 11.5. The summed E-state index contributed by atoms with van der Waals surface area (Å²) in [5.74, 6) is -0.472. The summed E-state index contributed by atoms with van der Waals surface area (Å²) < 4.78 is 8.28. The van der Waals surface area contributed by atoms with E-state index in [4.69, 9.17) is 9.72 Å². The van der Waals surface area contributed by atoms with E-state index in [0.29, 0.717) is 25.3 Å². The number of ether oxygens (including phenoxy) is 1. The number of hydrogen-bond donors (Lipinski definition) is 0. The number of rotatable bonds is 5. The maximum absolute atomic E-state index is 13.2. The van der Waals surface area contributed by atoms with Gasteiger partial charge in [-0.2, -0.15) is 0 Å². The molecule has 0 saturated carbocycles. The zero-order valence-electron chi connectivity index (χ0n) is 18.9. The van der Waals surface area contributed by atoms with Crippen molar-refractivity contribution < 1.29 is 14.3 Å². The van der Waals surface area contributed by atoms with Gasteiger partial charge in [-0.25, -0.2) is 4.98 Å². The molecule has 0 N–H and O–H groups in total. The minimum Gasteiger partial charge on any atom is -0.466 e. The van der Waals surface area contributed by atoms with Crippen molar-refractivity contribution in [3.8, 4) is 11.3 Å². The molecule has 170 valence electrons. The van der Waals surface area contributed by atoms with Crippen LogP contribution >= 0.6 is 11.3 Å². The van der Waals surface area contributed by atoms with E-state index < -0.39 is 0 Å². The SMILES string of the molecule is CCOC(=O)C1CCCN(C(=O)c2ccc3c(c2)sc2nc(-c4ccc(CC)cc4)cn23)C1. The third-order valence-electron chi connectivity index (χ3n) is 6.33. The Labute approximate surface area is 196 Å². The average molecular weight is 462 g/mol. The van der Waals surface area contributed by atoms with Gasteiger partial charge in [0.05, 0.1) is 28.4 Å². The van der Waals surface area contributed by atoms with Gasteiger partial charge in [0.2, 0.25) is 0 Å². The number of fused-ring (bicyclic) bond motifs is 3. The molecule has 33 heavy (non-hydrogen) atoms. The molecule has 1 saturated heterocycles. The van der Waals surface area contributed by atoms with Crippen molar-refractivity contribution in [2.75, 3.05) is 19.7 Å². The number of imidazole rings is 1. The molecule has 1 fully saturated rings. The van der Waals surface area contributed by atoms with Crippen molar-refractivity contribution in [2.24, 2.45) is 5.92 Å². The predicted octanol–water partition coefficient (Wildman–Crippen LogP) is 5.19. The van der Waals surface area contributed by atoms with Crippen LogP contribution in [0, 0.1) is 5.92 Å². The van der Waals surface area contributed by atoms with Crippen molar-refractivity contribution in [1.29, 1.82) is 0 Å². The van der Waals surface area contributed by atoms with Crippen molar-refractivity contribution in [1.82, 2.24) is 14.3 Å². The van der Waals surface area contributed by atoms with E-state index >= 15 is 0 Å². The Morgan fingerprint density at radius 3 is 2.73 bits per heavy atom. The molecule has 3 heterocycles. The number of thiazole rings is 1. The number of benzene rings is 2. The molecular formula is C26H27N3O3S. The molecule has 2 aromatic heterocycles. The van der Waals surface area contributed by atoms with Gasteiger partial charge in [0, 0.05) is 30.4 Å². The van der Waals surface area contributed by atoms with Crippen LogP contribution in [0.2, 0.25) is 0 Å². The Kier molecular flexibility index (Phi) is 5.89. The number of aromatic nitrogens is 2. The van der Waals surface area contributed by atoms with Crippen LogP contribution in [0.5, 0.6) is 0 Å². The van der Waals surface area contributed by atoms with E-state index in [1.54, 1.807) is 16.2 Å². The topological polar surface area (TPSA) is 63.9 Å². The molecule has 4 aromatic rings. The molecule has 6 nitrogen and oxygen atoms in total. The minimum absolute atomic E-state index is 0.0337. The molecule has 1 unspecified atom stereocenters. The molecule has 0 spiro atoms. The van der Waals surface area contributed by atoms with Crippen LogP contribution in [0.1, 0.15) is 42.6 Å². The number of carbonyl (C=O) groups excluding carboxylic acids is 2. The molecule has 1 aliphatic rings. The summed E-state index contributed by atoms with van der Waals surface area (Å²) in [6.07, 6.45) is 4.66. The van der Waals surface area contributed by atoms with Crippen molar-refractivity contribution in [3.63, 3.8) is 0 Å². The van der Waals surface area contributed by atoms with E-state index in [1.807, 2.05) is 25.1 Å². The largest absolute Gasteiger partial charge is 0.466 e. The summed E-state index contributed by atoms with van der Waals surface area (Å²) in [7, 11) is 0. The summed E-state index contributed by atoms with van der Waals surface area (Å²) in [5, 5.41) is 0. The van der Waals surface area contributed by atoms with E-state index in [1.165, 1.54) is 5.56 Å². The first-order valence-corrected chi connectivity index (χ1v) is 12.4. The van der Waals surface area contributed by atoms with Gasteiger partial charge in [-0.3, -0.25) is 14.0 Å². The second-order valence-electron chi connectivity index (χ2n) is 8.46. The van der Waals surface area contributed by atoms with Crippen molar-refractivity contribution >= 4 is 38.4 Å². The highest BCUT2D eigenvalue weighted by Gasteiger charge is 2.30. The van der Waals surface area contributed by atoms with Gasteiger partial charge < -0.3 is 9.64 Å². The number of amides is 1. The molecule has 0 aliphatic carbocycles. The van der Waals surface area contributed by atoms with Crippen LogP contribution < -0.4 is 0 Å². The van der Waals surface area contributed by atoms with Gasteiger partial charge in [-0.15, -0.1) is 0 Å². The quantitative estimate of drug-likeness (QED) is 0.384. The van der Waals surface area contributed by atoms with E-state index in [2.05, 4.69) is 41.8 Å². The fraction of sp³-hybridized carbons (Fsp3) is 0.346. The summed E-state index contributed by atoms with van der Waals surface area (Å²) in [6, 6.07) is 14.3. The van der Waals surface area contributed by atoms with Crippen LogP contribution in [0.3, 0.4) is 0 Å². The summed E-state index contributed by atoms with van der Waals surface area (Å²) in [4.78, 5) is 32.8. The van der Waals surface area contributed by atoms with E-state index in [0.717, 1.165) is 45.7 Å². The molecule has 1 aliphatic heterocycles. The molecule has 0 radical (unpaired) electrons. The van der Waals surface area contributed by atoms with Crippen molar-refractivity contribution in [2.45, 2.75) is 33.1 Å². The lowest BCUT2D eigenvalue weighted by Gasteiger charge is -2.31. The minimum atomic E-state index is -0.235. The van der Waals surface area contributed by atoms with Crippen LogP contribution in [0.15, 0.2) is 48.7 Å². The fourth-order valence-electron chi connectivity index (χ4n) is 4.48. The lowest BCUT2D eigenvalue weighted by molar-refractivity contribution is -0.149. The fourth-order valence-corrected chi connectivity index (χ4v) is 5.53. The highest BCUT2D eigenvalue weighted by atomic mass is 32.1. The zero-order valence-corrected chi connectivity index (χ0v) is 19.7. The Hall–Kier alpha value is -3.19. The normalized spacial score (nSPS) is 16.4. The van der Waals surface area contributed by atoms with Gasteiger partial charge in [-0.1, -0.05) is 42.5 Å². The average Bonchev–Trinajstić information content (AvgIpc) is 3.41. The third-order valence-corrected chi connectivity index (χ3v) is 7.35. The predicted molar refractivity (Wildman–Crippen MR) is 131 cm³/mol. The van der Waals surface area contributed by atoms with Crippen molar-refractivity contribution in [3.05, 3.63) is 59.8 Å². The van der Waals surface area contributed by atoms with Crippen LogP contribution in [0.4, 0.5) is 0 Å². The Balaban J connectivity index is 1.39. The van der Waals surface area contributed by atoms with Gasteiger partial charge in [-0.05, 0) is 49.9 Å². The van der Waals surface area contributed by atoms with Gasteiger partial charge in [0.25, 0.3) is 5.91 Å². The van der Waals surface area contributed by atoms with Gasteiger partial charge in [0.15, 0.2) is 4.96 Å². The Morgan fingerprint density at radius 1 is 1.15 bits per heavy atom. The first-order chi connectivity index (χ1) is 16.1. The number of aryl methyl sites for hydroxylation is 1. The highest BCUT2D eigenvalue weighted by molar-refractivity contribution is 7.23. The molecule has 0 bridgehead atoms. The molecule has 1 atom stereocenters. The number of carbonyl (C=O) groups is 2. The number of esters is 1. The maximum atomic E-state index is 13.2. The second-order valence-corrected chi connectivity index (χ2v) is 9.47. The van der Waals surface area contributed by atoms with E-state index in [-0.39, 0.29) is 17.8 Å². The third kappa shape index (κ3) is 4.13. The highest BCUT2D eigenvalue weighted by Crippen LogP contribution is 2.31. The molecular weight excluding hydrogens is 434 g/mol. The van der Waals surface area contributed by atoms with Crippen LogP contribution in [0.25, 0.3) is 26.4 Å². The number of piperidine rings is 1. The Morgan fingerprint density at radius 2 is 1.97 bits per heavy atom. The van der Waals surface area contributed by atoms with E-state index in [9.17, 15) is 9.59 Å². The Bertz CT molecular complexity index is 1320. The molecule has 7 heteroatoms. The second kappa shape index (κ2) is 8.98. The summed E-state index contributed by atoms with van der Waals surface area (Å²) in [5.41, 5.74) is 5.05. The van der Waals surface area contributed by atoms with Gasteiger partial charge >= 0.3 is 5.97 Å². The molecule has 1 amide bonds. The van der Waals surface area contributed by atoms with Crippen LogP contribution in [-0.2, 0) is 16.0 Å². The molecule has 5 rings (SSSR count).